The number of likely N-dealkylation sites (tertiary alicyclic amines) is 1. The summed E-state index contributed by atoms with van der Waals surface area (Å²) in [5.74, 6) is 0.710. The van der Waals surface area contributed by atoms with Crippen molar-refractivity contribution in [1.29, 1.82) is 0 Å². The van der Waals surface area contributed by atoms with Gasteiger partial charge in [0, 0.05) is 19.1 Å². The molecular weight excluding hydrogens is 272 g/mol. The van der Waals surface area contributed by atoms with E-state index in [1.807, 2.05) is 42.2 Å². The van der Waals surface area contributed by atoms with Crippen LogP contribution in [-0.4, -0.2) is 29.9 Å². The molecule has 0 aromatic heterocycles. The normalized spacial score (nSPS) is 21.1. The molecule has 1 aliphatic heterocycles. The first kappa shape index (κ1) is 17.0. The Kier molecular flexibility index (Phi) is 6.50. The lowest BCUT2D eigenvalue weighted by molar-refractivity contribution is -0.132. The average molecular weight is 297 g/mol. The second-order valence-corrected chi connectivity index (χ2v) is 5.56. The molecule has 0 bridgehead atoms. The van der Waals surface area contributed by atoms with Crippen molar-refractivity contribution >= 4 is 18.3 Å². The van der Waals surface area contributed by atoms with Crippen LogP contribution in [0.1, 0.15) is 38.2 Å². The topological polar surface area (TPSA) is 46.3 Å². The molecule has 2 rings (SSSR count). The van der Waals surface area contributed by atoms with E-state index in [-0.39, 0.29) is 30.3 Å². The van der Waals surface area contributed by atoms with Gasteiger partial charge in [0.2, 0.25) is 5.91 Å². The van der Waals surface area contributed by atoms with E-state index < -0.39 is 0 Å². The molecule has 112 valence electrons. The molecule has 3 nitrogen and oxygen atoms in total. The van der Waals surface area contributed by atoms with Gasteiger partial charge in [-0.1, -0.05) is 37.3 Å². The van der Waals surface area contributed by atoms with E-state index in [2.05, 4.69) is 6.92 Å². The third-order valence-corrected chi connectivity index (χ3v) is 4.19. The highest BCUT2D eigenvalue weighted by Gasteiger charge is 2.32. The monoisotopic (exact) mass is 296 g/mol. The fraction of sp³-hybridized carbons (Fsp3) is 0.562. The number of amides is 1. The Balaban J connectivity index is 0.00000200. The maximum Gasteiger partial charge on any atom is 0.230 e. The van der Waals surface area contributed by atoms with E-state index in [4.69, 9.17) is 5.73 Å². The number of rotatable bonds is 4. The van der Waals surface area contributed by atoms with Gasteiger partial charge in [0.05, 0.1) is 5.92 Å². The highest BCUT2D eigenvalue weighted by Crippen LogP contribution is 2.26. The lowest BCUT2D eigenvalue weighted by atomic mass is 9.95. The lowest BCUT2D eigenvalue weighted by Crippen LogP contribution is -2.35. The minimum atomic E-state index is -0.00645. The van der Waals surface area contributed by atoms with Gasteiger partial charge in [-0.3, -0.25) is 4.79 Å². The molecule has 0 aliphatic carbocycles. The highest BCUT2D eigenvalue weighted by atomic mass is 35.5. The van der Waals surface area contributed by atoms with E-state index >= 15 is 0 Å². The van der Waals surface area contributed by atoms with Gasteiger partial charge in [0.1, 0.15) is 0 Å². The number of benzene rings is 1. The summed E-state index contributed by atoms with van der Waals surface area (Å²) in [4.78, 5) is 14.6. The molecule has 3 atom stereocenters. The number of carbonyl (C=O) groups excluding carboxylic acids is 1. The van der Waals surface area contributed by atoms with Crippen molar-refractivity contribution in [3.05, 3.63) is 35.9 Å². The molecule has 2 N–H and O–H groups in total. The van der Waals surface area contributed by atoms with Gasteiger partial charge in [-0.2, -0.15) is 0 Å². The smallest absolute Gasteiger partial charge is 0.230 e. The zero-order chi connectivity index (χ0) is 13.8. The molecule has 4 heteroatoms. The number of halogens is 1. The zero-order valence-electron chi connectivity index (χ0n) is 12.3. The number of hydrogen-bond acceptors (Lipinski definition) is 2. The molecule has 1 amide bonds. The predicted octanol–water partition coefficient (Wildman–Crippen LogP) is 2.80. The number of carbonyl (C=O) groups is 1. The number of hydrogen-bond donors (Lipinski definition) is 1. The molecule has 0 radical (unpaired) electrons. The molecule has 1 saturated heterocycles. The first-order chi connectivity index (χ1) is 9.13. The van der Waals surface area contributed by atoms with E-state index in [0.29, 0.717) is 5.92 Å². The Bertz CT molecular complexity index is 422. The highest BCUT2D eigenvalue weighted by molar-refractivity contribution is 5.85. The third-order valence-electron chi connectivity index (χ3n) is 4.19. The Morgan fingerprint density at radius 2 is 2.05 bits per heavy atom. The fourth-order valence-corrected chi connectivity index (χ4v) is 2.88. The number of nitrogens with zero attached hydrogens (tertiary/aromatic N) is 1. The average Bonchev–Trinajstić information content (AvgIpc) is 2.90. The Morgan fingerprint density at radius 3 is 2.55 bits per heavy atom. The van der Waals surface area contributed by atoms with Crippen molar-refractivity contribution in [3.63, 3.8) is 0 Å². The standard InChI is InChI=1S/C16H24N2O.ClH/c1-3-15(13-7-5-4-6-8-13)16(19)18-10-9-14(11-18)12(2)17;/h4-8,12,14-15H,3,9-11,17H2,1-2H3;1H. The van der Waals surface area contributed by atoms with Crippen molar-refractivity contribution in [2.75, 3.05) is 13.1 Å². The molecule has 20 heavy (non-hydrogen) atoms. The largest absolute Gasteiger partial charge is 0.342 e. The van der Waals surface area contributed by atoms with E-state index in [1.54, 1.807) is 0 Å². The van der Waals surface area contributed by atoms with Crippen LogP contribution in [-0.2, 0) is 4.79 Å². The van der Waals surface area contributed by atoms with Crippen LogP contribution in [0.4, 0.5) is 0 Å². The van der Waals surface area contributed by atoms with Crippen molar-refractivity contribution in [3.8, 4) is 0 Å². The Labute approximate surface area is 127 Å². The summed E-state index contributed by atoms with van der Waals surface area (Å²) < 4.78 is 0. The van der Waals surface area contributed by atoms with E-state index in [0.717, 1.165) is 31.5 Å². The number of nitrogens with two attached hydrogens (primary N) is 1. The quantitative estimate of drug-likeness (QED) is 0.929. The molecular formula is C16H25ClN2O. The molecule has 1 aliphatic rings. The zero-order valence-corrected chi connectivity index (χ0v) is 13.1. The molecule has 3 unspecified atom stereocenters. The summed E-state index contributed by atoms with van der Waals surface area (Å²) in [6, 6.07) is 10.3. The summed E-state index contributed by atoms with van der Waals surface area (Å²) in [5, 5.41) is 0. The van der Waals surface area contributed by atoms with Crippen molar-refractivity contribution in [2.45, 2.75) is 38.6 Å². The summed E-state index contributed by atoms with van der Waals surface area (Å²) in [7, 11) is 0. The van der Waals surface area contributed by atoms with Crippen LogP contribution in [0.25, 0.3) is 0 Å². The summed E-state index contributed by atoms with van der Waals surface area (Å²) in [5.41, 5.74) is 7.07. The first-order valence-corrected chi connectivity index (χ1v) is 7.22. The van der Waals surface area contributed by atoms with E-state index in [9.17, 15) is 4.79 Å². The van der Waals surface area contributed by atoms with Crippen molar-refractivity contribution in [1.82, 2.24) is 4.90 Å². The SMILES string of the molecule is CCC(C(=O)N1CCC(C(C)N)C1)c1ccccc1.Cl. The van der Waals surface area contributed by atoms with Crippen molar-refractivity contribution < 1.29 is 4.79 Å². The van der Waals surface area contributed by atoms with Gasteiger partial charge in [-0.05, 0) is 31.2 Å². The first-order valence-electron chi connectivity index (χ1n) is 7.22. The molecule has 0 spiro atoms. The molecule has 1 aromatic rings. The second-order valence-electron chi connectivity index (χ2n) is 5.56. The van der Waals surface area contributed by atoms with Gasteiger partial charge in [0.25, 0.3) is 0 Å². The molecule has 0 saturated carbocycles. The fourth-order valence-electron chi connectivity index (χ4n) is 2.88. The van der Waals surface area contributed by atoms with Crippen LogP contribution < -0.4 is 5.73 Å². The van der Waals surface area contributed by atoms with Gasteiger partial charge in [-0.25, -0.2) is 0 Å². The molecule has 1 aromatic carbocycles. The summed E-state index contributed by atoms with van der Waals surface area (Å²) >= 11 is 0. The predicted molar refractivity (Wildman–Crippen MR) is 85.1 cm³/mol. The van der Waals surface area contributed by atoms with Crippen LogP contribution in [0.3, 0.4) is 0 Å². The molecule has 1 fully saturated rings. The maximum atomic E-state index is 12.6. The third kappa shape index (κ3) is 3.74. The van der Waals surface area contributed by atoms with Gasteiger partial charge < -0.3 is 10.6 Å². The van der Waals surface area contributed by atoms with E-state index in [1.165, 1.54) is 0 Å². The van der Waals surface area contributed by atoms with Gasteiger partial charge >= 0.3 is 0 Å². The second kappa shape index (κ2) is 7.65. The minimum Gasteiger partial charge on any atom is -0.342 e. The van der Waals surface area contributed by atoms with Crippen LogP contribution in [0.2, 0.25) is 0 Å². The van der Waals surface area contributed by atoms with Crippen LogP contribution in [0.15, 0.2) is 30.3 Å². The summed E-state index contributed by atoms with van der Waals surface area (Å²) in [6.45, 7) is 5.79. The van der Waals surface area contributed by atoms with Crippen LogP contribution in [0.5, 0.6) is 0 Å². The minimum absolute atomic E-state index is 0. The summed E-state index contributed by atoms with van der Waals surface area (Å²) in [6.07, 6.45) is 1.89. The maximum absolute atomic E-state index is 12.6. The van der Waals surface area contributed by atoms with Gasteiger partial charge in [0.15, 0.2) is 0 Å². The molecule has 1 heterocycles. The van der Waals surface area contributed by atoms with Crippen LogP contribution in [0, 0.1) is 5.92 Å². The van der Waals surface area contributed by atoms with Gasteiger partial charge in [-0.15, -0.1) is 12.4 Å². The van der Waals surface area contributed by atoms with Crippen LogP contribution >= 0.6 is 12.4 Å². The Hall–Kier alpha value is -1.06. The van der Waals surface area contributed by atoms with Crippen molar-refractivity contribution in [2.24, 2.45) is 11.7 Å². The Morgan fingerprint density at radius 1 is 1.40 bits per heavy atom. The lowest BCUT2D eigenvalue weighted by Gasteiger charge is -2.23.